The second kappa shape index (κ2) is 53.8. The van der Waals surface area contributed by atoms with E-state index in [1.807, 2.05) is 21.1 Å². The third-order valence-electron chi connectivity index (χ3n) is 13.4. The van der Waals surface area contributed by atoms with Gasteiger partial charge in [0.1, 0.15) is 13.2 Å². The molecule has 0 radical (unpaired) electrons. The van der Waals surface area contributed by atoms with Crippen molar-refractivity contribution < 1.29 is 42.9 Å². The van der Waals surface area contributed by atoms with Gasteiger partial charge in [-0.25, -0.2) is 4.79 Å². The van der Waals surface area contributed by atoms with Crippen molar-refractivity contribution in [3.8, 4) is 0 Å². The molecular formula is C62H116NO8+. The summed E-state index contributed by atoms with van der Waals surface area (Å²) in [5.74, 6) is -2.00. The van der Waals surface area contributed by atoms with E-state index < -0.39 is 24.3 Å². The van der Waals surface area contributed by atoms with Crippen molar-refractivity contribution in [3.63, 3.8) is 0 Å². The Kier molecular flexibility index (Phi) is 51.9. The van der Waals surface area contributed by atoms with Gasteiger partial charge in [0.25, 0.3) is 6.29 Å². The summed E-state index contributed by atoms with van der Waals surface area (Å²) in [6.07, 6.45) is 62.2. The first kappa shape index (κ1) is 68.5. The minimum Gasteiger partial charge on any atom is -0.477 e. The van der Waals surface area contributed by atoms with Crippen LogP contribution in [0.4, 0.5) is 0 Å². The summed E-state index contributed by atoms with van der Waals surface area (Å²) in [5.41, 5.74) is 0. The molecule has 0 heterocycles. The van der Waals surface area contributed by atoms with Crippen molar-refractivity contribution in [2.75, 3.05) is 47.5 Å². The Morgan fingerprint density at radius 2 is 0.761 bits per heavy atom. The number of nitrogens with zero attached hydrogens (tertiary/aromatic N) is 1. The van der Waals surface area contributed by atoms with Crippen molar-refractivity contribution in [1.29, 1.82) is 0 Å². The number of aliphatic carboxylic acids is 1. The number of rotatable bonds is 56. The summed E-state index contributed by atoms with van der Waals surface area (Å²) in [5, 5.41) is 9.71. The van der Waals surface area contributed by atoms with Gasteiger partial charge in [-0.15, -0.1) is 0 Å². The zero-order valence-corrected chi connectivity index (χ0v) is 47.4. The zero-order valence-electron chi connectivity index (χ0n) is 47.4. The first-order valence-corrected chi connectivity index (χ1v) is 30.2. The van der Waals surface area contributed by atoms with Crippen molar-refractivity contribution >= 4 is 17.9 Å². The summed E-state index contributed by atoms with van der Waals surface area (Å²) < 4.78 is 22.9. The first-order chi connectivity index (χ1) is 34.6. The van der Waals surface area contributed by atoms with Gasteiger partial charge in [-0.05, 0) is 70.6 Å². The van der Waals surface area contributed by atoms with Crippen LogP contribution < -0.4 is 0 Å². The largest absolute Gasteiger partial charge is 0.477 e. The molecule has 0 amide bonds. The molecule has 9 heteroatoms. The zero-order chi connectivity index (χ0) is 52.0. The Bertz CT molecular complexity index is 1260. The first-order valence-electron chi connectivity index (χ1n) is 30.2. The Balaban J connectivity index is 4.20. The van der Waals surface area contributed by atoms with Crippen LogP contribution in [0.5, 0.6) is 0 Å². The monoisotopic (exact) mass is 1000 g/mol. The van der Waals surface area contributed by atoms with E-state index in [9.17, 15) is 19.5 Å². The van der Waals surface area contributed by atoms with E-state index in [1.54, 1.807) is 0 Å². The van der Waals surface area contributed by atoms with Gasteiger partial charge in [-0.3, -0.25) is 9.59 Å². The Morgan fingerprint density at radius 1 is 0.423 bits per heavy atom. The molecule has 0 saturated heterocycles. The van der Waals surface area contributed by atoms with E-state index in [0.717, 1.165) is 51.4 Å². The van der Waals surface area contributed by atoms with E-state index in [1.165, 1.54) is 205 Å². The average molecular weight is 1000 g/mol. The summed E-state index contributed by atoms with van der Waals surface area (Å²) in [6, 6.07) is 0. The van der Waals surface area contributed by atoms with E-state index >= 15 is 0 Å². The quantitative estimate of drug-likeness (QED) is 0.0211. The normalized spacial score (nSPS) is 13.0. The van der Waals surface area contributed by atoms with Gasteiger partial charge in [0.2, 0.25) is 0 Å². The second-order valence-corrected chi connectivity index (χ2v) is 21.7. The molecule has 0 aliphatic heterocycles. The molecule has 71 heavy (non-hydrogen) atoms. The molecule has 1 N–H and O–H groups in total. The van der Waals surface area contributed by atoms with Crippen molar-refractivity contribution in [2.24, 2.45) is 0 Å². The molecule has 416 valence electrons. The number of ether oxygens (including phenoxy) is 4. The summed E-state index contributed by atoms with van der Waals surface area (Å²) >= 11 is 0. The fourth-order valence-electron chi connectivity index (χ4n) is 8.69. The SMILES string of the molecule is CCCCCCC/C=C\C/C=C\CCCCCCCCCCCC(=O)OC(COC(=O)CCCCCCCCCCCCCCC/C=C\CCCCCCCCCC)COC(OCC[N+](C)(C)C)C(=O)O. The van der Waals surface area contributed by atoms with Crippen LogP contribution in [-0.2, 0) is 33.3 Å². The lowest BCUT2D eigenvalue weighted by Crippen LogP contribution is -2.40. The number of carboxylic acids is 1. The minimum absolute atomic E-state index is 0.181. The van der Waals surface area contributed by atoms with Gasteiger partial charge in [-0.1, -0.05) is 237 Å². The van der Waals surface area contributed by atoms with Crippen LogP contribution in [0.3, 0.4) is 0 Å². The number of unbranched alkanes of at least 4 members (excludes halogenated alkanes) is 35. The van der Waals surface area contributed by atoms with Crippen LogP contribution in [0, 0.1) is 0 Å². The molecule has 0 aromatic rings. The molecule has 0 aliphatic rings. The van der Waals surface area contributed by atoms with Crippen LogP contribution in [0.15, 0.2) is 36.5 Å². The molecule has 0 saturated carbocycles. The van der Waals surface area contributed by atoms with Crippen LogP contribution in [0.25, 0.3) is 0 Å². The number of hydrogen-bond acceptors (Lipinski definition) is 7. The molecule has 0 aliphatic carbocycles. The Labute approximate surface area is 439 Å². The van der Waals surface area contributed by atoms with Gasteiger partial charge in [-0.2, -0.15) is 0 Å². The fourth-order valence-corrected chi connectivity index (χ4v) is 8.69. The molecule has 2 unspecified atom stereocenters. The molecule has 0 bridgehead atoms. The average Bonchev–Trinajstić information content (AvgIpc) is 3.34. The summed E-state index contributed by atoms with van der Waals surface area (Å²) in [6.45, 7) is 4.90. The minimum atomic E-state index is -1.51. The smallest absolute Gasteiger partial charge is 0.361 e. The third-order valence-corrected chi connectivity index (χ3v) is 13.4. The van der Waals surface area contributed by atoms with E-state index in [4.69, 9.17) is 18.9 Å². The summed E-state index contributed by atoms with van der Waals surface area (Å²) in [4.78, 5) is 37.5. The highest BCUT2D eigenvalue weighted by molar-refractivity contribution is 5.71. The number of carbonyl (C=O) groups excluding carboxylic acids is 2. The molecule has 2 atom stereocenters. The predicted octanol–water partition coefficient (Wildman–Crippen LogP) is 17.7. The highest BCUT2D eigenvalue weighted by atomic mass is 16.7. The van der Waals surface area contributed by atoms with Crippen LogP contribution >= 0.6 is 0 Å². The second-order valence-electron chi connectivity index (χ2n) is 21.7. The standard InChI is InChI=1S/C62H115NO8/c1-6-8-10-12-14-16-18-20-22-24-26-28-29-30-31-33-34-36-38-40-42-44-46-48-50-52-59(64)69-56-58(57-70-62(61(66)67)68-55-54-63(3,4)5)71-60(65)53-51-49-47-45-43-41-39-37-35-32-27-25-23-21-19-17-15-13-11-9-7-2/h19,21,24-27,58,62H,6-18,20,22-23,28-57H2,1-5H3/p+1/b21-19-,26-24-,27-25-. The molecule has 9 nitrogen and oxygen atoms in total. The maximum absolute atomic E-state index is 12.9. The van der Waals surface area contributed by atoms with Gasteiger partial charge < -0.3 is 28.5 Å². The lowest BCUT2D eigenvalue weighted by Gasteiger charge is -2.25. The molecular weight excluding hydrogens is 887 g/mol. The van der Waals surface area contributed by atoms with Crippen LogP contribution in [-0.4, -0.2) is 87.4 Å². The van der Waals surface area contributed by atoms with Crippen molar-refractivity contribution in [1.82, 2.24) is 0 Å². The summed E-state index contributed by atoms with van der Waals surface area (Å²) in [7, 11) is 5.97. The maximum atomic E-state index is 12.9. The number of carbonyl (C=O) groups is 3. The van der Waals surface area contributed by atoms with Crippen molar-refractivity contribution in [3.05, 3.63) is 36.5 Å². The van der Waals surface area contributed by atoms with Gasteiger partial charge in [0.05, 0.1) is 34.4 Å². The van der Waals surface area contributed by atoms with Crippen LogP contribution in [0.2, 0.25) is 0 Å². The molecule has 0 aromatic heterocycles. The maximum Gasteiger partial charge on any atom is 0.361 e. The molecule has 0 fully saturated rings. The Hall–Kier alpha value is -2.49. The number of hydrogen-bond donors (Lipinski definition) is 1. The molecule has 0 aromatic carbocycles. The number of carboxylic acid groups (broad SMARTS) is 1. The topological polar surface area (TPSA) is 108 Å². The highest BCUT2D eigenvalue weighted by Crippen LogP contribution is 2.17. The van der Waals surface area contributed by atoms with Crippen LogP contribution in [0.1, 0.15) is 284 Å². The van der Waals surface area contributed by atoms with E-state index in [-0.39, 0.29) is 32.2 Å². The van der Waals surface area contributed by atoms with E-state index in [0.29, 0.717) is 17.4 Å². The number of allylic oxidation sites excluding steroid dienone is 6. The lowest BCUT2D eigenvalue weighted by atomic mass is 10.0. The third kappa shape index (κ3) is 55.1. The number of likely N-dealkylation sites (N-methyl/N-ethyl adjacent to an activating group) is 1. The van der Waals surface area contributed by atoms with Gasteiger partial charge in [0, 0.05) is 12.8 Å². The molecule has 0 rings (SSSR count). The molecule has 0 spiro atoms. The van der Waals surface area contributed by atoms with Gasteiger partial charge >= 0.3 is 17.9 Å². The van der Waals surface area contributed by atoms with Gasteiger partial charge in [0.15, 0.2) is 6.10 Å². The van der Waals surface area contributed by atoms with Crippen molar-refractivity contribution in [2.45, 2.75) is 296 Å². The highest BCUT2D eigenvalue weighted by Gasteiger charge is 2.25. The Morgan fingerprint density at radius 3 is 1.13 bits per heavy atom. The lowest BCUT2D eigenvalue weighted by molar-refractivity contribution is -0.870. The number of quaternary nitrogens is 1. The van der Waals surface area contributed by atoms with E-state index in [2.05, 4.69) is 50.3 Å². The number of esters is 2. The fraction of sp³-hybridized carbons (Fsp3) is 0.855. The predicted molar refractivity (Wildman–Crippen MR) is 300 cm³/mol.